The van der Waals surface area contributed by atoms with Gasteiger partial charge < -0.3 is 0 Å². The number of nitrogens with zero attached hydrogens (tertiary/aromatic N) is 3. The fraction of sp³-hybridized carbons (Fsp3) is 0.250. The zero-order chi connectivity index (χ0) is 8.97. The molecule has 12 heavy (non-hydrogen) atoms. The summed E-state index contributed by atoms with van der Waals surface area (Å²) >= 11 is 5.82. The first kappa shape index (κ1) is 8.91. The summed E-state index contributed by atoms with van der Waals surface area (Å²) in [4.78, 5) is 2.66. The molecule has 0 atom stereocenters. The molecule has 0 heterocycles. The van der Waals surface area contributed by atoms with Gasteiger partial charge in [0, 0.05) is 4.91 Å². The predicted molar refractivity (Wildman–Crippen MR) is 49.6 cm³/mol. The van der Waals surface area contributed by atoms with Crippen molar-refractivity contribution in [1.29, 1.82) is 0 Å². The van der Waals surface area contributed by atoms with Crippen molar-refractivity contribution in [2.24, 2.45) is 5.11 Å². The van der Waals surface area contributed by atoms with Gasteiger partial charge in [0.1, 0.15) is 0 Å². The third kappa shape index (κ3) is 1.91. The van der Waals surface area contributed by atoms with Gasteiger partial charge in [-0.05, 0) is 23.6 Å². The van der Waals surface area contributed by atoms with Crippen LogP contribution in [0.5, 0.6) is 0 Å². The highest BCUT2D eigenvalue weighted by Gasteiger charge is 1.97. The van der Waals surface area contributed by atoms with E-state index >= 15 is 0 Å². The van der Waals surface area contributed by atoms with Gasteiger partial charge in [-0.15, -0.1) is 0 Å². The number of rotatable bonds is 2. The maximum absolute atomic E-state index is 8.17. The number of hydrogen-bond acceptors (Lipinski definition) is 1. The van der Waals surface area contributed by atoms with Crippen molar-refractivity contribution < 1.29 is 0 Å². The van der Waals surface area contributed by atoms with Crippen molar-refractivity contribution in [3.05, 3.63) is 39.2 Å². The average molecular weight is 182 g/mol. The number of benzene rings is 1. The van der Waals surface area contributed by atoms with Crippen LogP contribution in [0.1, 0.15) is 12.5 Å². The van der Waals surface area contributed by atoms with Crippen molar-refractivity contribution in [3.8, 4) is 0 Å². The van der Waals surface area contributed by atoms with Crippen LogP contribution in [-0.2, 0) is 6.42 Å². The third-order valence-corrected chi connectivity index (χ3v) is 1.88. The quantitative estimate of drug-likeness (QED) is 0.378. The van der Waals surface area contributed by atoms with Gasteiger partial charge in [-0.3, -0.25) is 0 Å². The molecular formula is C8H8ClN3. The van der Waals surface area contributed by atoms with Gasteiger partial charge >= 0.3 is 0 Å². The molecule has 1 aromatic rings. The van der Waals surface area contributed by atoms with Gasteiger partial charge in [0.2, 0.25) is 0 Å². The molecule has 0 N–H and O–H groups in total. The van der Waals surface area contributed by atoms with Crippen molar-refractivity contribution >= 4 is 17.3 Å². The first-order chi connectivity index (χ1) is 5.77. The molecule has 0 saturated heterocycles. The van der Waals surface area contributed by atoms with Crippen molar-refractivity contribution in [1.82, 2.24) is 0 Å². The van der Waals surface area contributed by atoms with Gasteiger partial charge in [-0.1, -0.05) is 35.8 Å². The Labute approximate surface area is 75.6 Å². The highest BCUT2D eigenvalue weighted by atomic mass is 35.5. The molecule has 3 nitrogen and oxygen atoms in total. The van der Waals surface area contributed by atoms with E-state index in [-0.39, 0.29) is 0 Å². The van der Waals surface area contributed by atoms with Gasteiger partial charge in [0.25, 0.3) is 0 Å². The predicted octanol–water partition coefficient (Wildman–Crippen LogP) is 3.84. The molecule has 4 heteroatoms. The summed E-state index contributed by atoms with van der Waals surface area (Å²) in [5.74, 6) is 0. The van der Waals surface area contributed by atoms with E-state index < -0.39 is 0 Å². The minimum absolute atomic E-state index is 0.483. The summed E-state index contributed by atoms with van der Waals surface area (Å²) in [6.45, 7) is 2.04. The van der Waals surface area contributed by atoms with Crippen LogP contribution in [0.2, 0.25) is 5.02 Å². The molecule has 0 bridgehead atoms. The Morgan fingerprint density at radius 2 is 2.33 bits per heavy atom. The Morgan fingerprint density at radius 1 is 1.58 bits per heavy atom. The molecule has 0 radical (unpaired) electrons. The highest BCUT2D eigenvalue weighted by Crippen LogP contribution is 2.25. The van der Waals surface area contributed by atoms with Crippen LogP contribution in [0, 0.1) is 0 Å². The minimum Gasteiger partial charge on any atom is -0.0838 e. The summed E-state index contributed by atoms with van der Waals surface area (Å²) in [6, 6.07) is 5.43. The van der Waals surface area contributed by atoms with Crippen LogP contribution < -0.4 is 0 Å². The maximum Gasteiger partial charge on any atom is 0.0561 e. The van der Waals surface area contributed by atoms with Crippen LogP contribution in [0.4, 0.5) is 5.69 Å². The summed E-state index contributed by atoms with van der Waals surface area (Å²) in [5.41, 5.74) is 9.79. The van der Waals surface area contributed by atoms with E-state index in [0.717, 1.165) is 12.0 Å². The largest absolute Gasteiger partial charge is 0.0838 e. The second-order valence-corrected chi connectivity index (χ2v) is 2.74. The molecule has 0 aliphatic rings. The Morgan fingerprint density at radius 3 is 2.83 bits per heavy atom. The van der Waals surface area contributed by atoms with E-state index in [2.05, 4.69) is 10.0 Å². The van der Waals surface area contributed by atoms with Crippen LogP contribution in [0.15, 0.2) is 23.3 Å². The molecule has 0 amide bonds. The summed E-state index contributed by atoms with van der Waals surface area (Å²) in [5, 5.41) is 3.94. The molecule has 0 saturated carbocycles. The summed E-state index contributed by atoms with van der Waals surface area (Å²) in [6.07, 6.45) is 0.927. The van der Waals surface area contributed by atoms with E-state index in [0.29, 0.717) is 10.7 Å². The van der Waals surface area contributed by atoms with Gasteiger partial charge in [-0.2, -0.15) is 0 Å². The average Bonchev–Trinajstić information content (AvgIpc) is 2.09. The van der Waals surface area contributed by atoms with E-state index in [1.165, 1.54) is 0 Å². The second kappa shape index (κ2) is 4.00. The zero-order valence-corrected chi connectivity index (χ0v) is 7.41. The topological polar surface area (TPSA) is 48.8 Å². The molecule has 0 aliphatic carbocycles. The van der Waals surface area contributed by atoms with E-state index in [9.17, 15) is 0 Å². The monoisotopic (exact) mass is 181 g/mol. The smallest absolute Gasteiger partial charge is 0.0561 e. The molecule has 0 unspecified atom stereocenters. The van der Waals surface area contributed by atoms with E-state index in [1.807, 2.05) is 19.1 Å². The number of halogens is 1. The van der Waals surface area contributed by atoms with E-state index in [4.69, 9.17) is 17.1 Å². The number of hydrogen-bond donors (Lipinski definition) is 0. The number of aryl methyl sites for hydroxylation is 1. The lowest BCUT2D eigenvalue weighted by Gasteiger charge is -1.99. The fourth-order valence-corrected chi connectivity index (χ4v) is 1.14. The Bertz CT molecular complexity index is 329. The molecule has 0 spiro atoms. The third-order valence-electron chi connectivity index (χ3n) is 1.57. The Hall–Kier alpha value is -1.18. The SMILES string of the molecule is CCc1ccc(N=[N+]=[N-])c(Cl)c1. The first-order valence-corrected chi connectivity index (χ1v) is 3.99. The lowest BCUT2D eigenvalue weighted by Crippen LogP contribution is -1.78. The molecule has 0 aliphatic heterocycles. The summed E-state index contributed by atoms with van der Waals surface area (Å²) < 4.78 is 0. The van der Waals surface area contributed by atoms with Crippen LogP contribution in [0.25, 0.3) is 10.4 Å². The highest BCUT2D eigenvalue weighted by molar-refractivity contribution is 6.33. The Balaban J connectivity index is 3.11. The molecule has 1 rings (SSSR count). The number of azide groups is 1. The van der Waals surface area contributed by atoms with Crippen molar-refractivity contribution in [2.45, 2.75) is 13.3 Å². The lowest BCUT2D eigenvalue weighted by atomic mass is 10.1. The normalized spacial score (nSPS) is 9.17. The molecule has 62 valence electrons. The maximum atomic E-state index is 8.17. The zero-order valence-electron chi connectivity index (χ0n) is 6.66. The van der Waals surface area contributed by atoms with E-state index in [1.54, 1.807) is 6.07 Å². The summed E-state index contributed by atoms with van der Waals surface area (Å²) in [7, 11) is 0. The Kier molecular flexibility index (Phi) is 2.97. The van der Waals surface area contributed by atoms with Gasteiger partial charge in [0.15, 0.2) is 0 Å². The molecule has 0 aromatic heterocycles. The second-order valence-electron chi connectivity index (χ2n) is 2.33. The van der Waals surface area contributed by atoms with Gasteiger partial charge in [0.05, 0.1) is 10.7 Å². The molecule has 0 fully saturated rings. The first-order valence-electron chi connectivity index (χ1n) is 3.61. The lowest BCUT2D eigenvalue weighted by molar-refractivity contribution is 1.14. The minimum atomic E-state index is 0.483. The van der Waals surface area contributed by atoms with Crippen LogP contribution in [0.3, 0.4) is 0 Å². The molecular weight excluding hydrogens is 174 g/mol. The standard InChI is InChI=1S/C8H8ClN3/c1-2-6-3-4-8(11-12-10)7(9)5-6/h3-5H,2H2,1H3. The van der Waals surface area contributed by atoms with Crippen molar-refractivity contribution in [3.63, 3.8) is 0 Å². The van der Waals surface area contributed by atoms with Crippen LogP contribution >= 0.6 is 11.6 Å². The van der Waals surface area contributed by atoms with Crippen LogP contribution in [-0.4, -0.2) is 0 Å². The molecule has 1 aromatic carbocycles. The fourth-order valence-electron chi connectivity index (χ4n) is 0.900. The van der Waals surface area contributed by atoms with Gasteiger partial charge in [-0.25, -0.2) is 0 Å². The van der Waals surface area contributed by atoms with Crippen molar-refractivity contribution in [2.75, 3.05) is 0 Å².